The molecule has 0 aliphatic rings. The Balaban J connectivity index is 2.37. The minimum absolute atomic E-state index is 0.0925. The average molecular weight is 304 g/mol. The Bertz CT molecular complexity index is 676. The van der Waals surface area contributed by atoms with Gasteiger partial charge >= 0.3 is 0 Å². The summed E-state index contributed by atoms with van der Waals surface area (Å²) in [5, 5.41) is 0.0950. The van der Waals surface area contributed by atoms with E-state index in [2.05, 4.69) is 14.7 Å². The van der Waals surface area contributed by atoms with Gasteiger partial charge in [0, 0.05) is 12.4 Å². The zero-order valence-corrected chi connectivity index (χ0v) is 11.2. The van der Waals surface area contributed by atoms with Gasteiger partial charge in [-0.15, -0.1) is 0 Å². The predicted octanol–water partition coefficient (Wildman–Crippen LogP) is 2.58. The lowest BCUT2D eigenvalue weighted by atomic mass is 10.4. The third-order valence-corrected chi connectivity index (χ3v) is 4.03. The van der Waals surface area contributed by atoms with Gasteiger partial charge in [-0.25, -0.2) is 18.4 Å². The van der Waals surface area contributed by atoms with Gasteiger partial charge in [0.25, 0.3) is 10.0 Å². The molecule has 18 heavy (non-hydrogen) atoms. The van der Waals surface area contributed by atoms with Crippen molar-refractivity contribution in [1.82, 2.24) is 9.97 Å². The molecule has 1 N–H and O–H groups in total. The highest BCUT2D eigenvalue weighted by Crippen LogP contribution is 2.22. The second kappa shape index (κ2) is 5.09. The molecule has 0 unspecified atom stereocenters. The van der Waals surface area contributed by atoms with Crippen LogP contribution in [0.2, 0.25) is 10.3 Å². The molecule has 0 amide bonds. The summed E-state index contributed by atoms with van der Waals surface area (Å²) in [7, 11) is -3.79. The minimum atomic E-state index is -3.79. The molecule has 2 aromatic rings. The first-order valence-electron chi connectivity index (χ1n) is 4.74. The molecule has 8 heteroatoms. The Labute approximate surface area is 114 Å². The maximum Gasteiger partial charge on any atom is 0.264 e. The molecule has 0 fully saturated rings. The van der Waals surface area contributed by atoms with E-state index in [1.165, 1.54) is 36.7 Å². The Morgan fingerprint density at radius 2 is 1.89 bits per heavy atom. The Morgan fingerprint density at radius 3 is 2.56 bits per heavy atom. The number of aromatic nitrogens is 2. The smallest absolute Gasteiger partial charge is 0.264 e. The highest BCUT2D eigenvalue weighted by Gasteiger charge is 2.18. The highest BCUT2D eigenvalue weighted by atomic mass is 35.5. The van der Waals surface area contributed by atoms with Gasteiger partial charge in [0.05, 0.1) is 5.69 Å². The molecule has 0 aliphatic carbocycles. The molecule has 0 saturated heterocycles. The summed E-state index contributed by atoms with van der Waals surface area (Å²) in [6, 6.07) is 5.72. The average Bonchev–Trinajstić information content (AvgIpc) is 2.28. The summed E-state index contributed by atoms with van der Waals surface area (Å²) >= 11 is 11.4. The van der Waals surface area contributed by atoms with Crippen LogP contribution < -0.4 is 4.72 Å². The highest BCUT2D eigenvalue weighted by molar-refractivity contribution is 7.92. The SMILES string of the molecule is O=S(=O)(Nc1ccnc(Cl)c1)c1cccnc1Cl. The molecule has 0 spiro atoms. The summed E-state index contributed by atoms with van der Waals surface area (Å²) in [5.41, 5.74) is 0.301. The van der Waals surface area contributed by atoms with E-state index in [0.29, 0.717) is 5.69 Å². The van der Waals surface area contributed by atoms with Crippen molar-refractivity contribution >= 4 is 38.9 Å². The van der Waals surface area contributed by atoms with E-state index in [9.17, 15) is 8.42 Å². The molecule has 0 radical (unpaired) electrons. The van der Waals surface area contributed by atoms with Crippen LogP contribution in [0.1, 0.15) is 0 Å². The Morgan fingerprint density at radius 1 is 1.11 bits per heavy atom. The standard InChI is InChI=1S/C10H7Cl2N3O2S/c11-9-6-7(3-5-13-9)15-18(16,17)8-2-1-4-14-10(8)12/h1-6H,(H,13,15). The summed E-state index contributed by atoms with van der Waals surface area (Å²) in [6.45, 7) is 0. The second-order valence-corrected chi connectivity index (χ2v) is 5.66. The van der Waals surface area contributed by atoms with Crippen LogP contribution in [0, 0.1) is 0 Å². The second-order valence-electron chi connectivity index (χ2n) is 3.27. The fourth-order valence-electron chi connectivity index (χ4n) is 1.25. The van der Waals surface area contributed by atoms with Crippen molar-refractivity contribution in [2.45, 2.75) is 4.90 Å². The van der Waals surface area contributed by atoms with Crippen molar-refractivity contribution in [3.05, 3.63) is 47.0 Å². The molecular formula is C10H7Cl2N3O2S. The van der Waals surface area contributed by atoms with Gasteiger partial charge in [0.1, 0.15) is 15.2 Å². The fourth-order valence-corrected chi connectivity index (χ4v) is 2.93. The van der Waals surface area contributed by atoms with Crippen molar-refractivity contribution in [2.24, 2.45) is 0 Å². The van der Waals surface area contributed by atoms with E-state index >= 15 is 0 Å². The van der Waals surface area contributed by atoms with Gasteiger partial charge in [-0.2, -0.15) is 0 Å². The van der Waals surface area contributed by atoms with Crippen LogP contribution >= 0.6 is 23.2 Å². The zero-order chi connectivity index (χ0) is 13.2. The van der Waals surface area contributed by atoms with Crippen LogP contribution in [0.5, 0.6) is 0 Å². The molecule has 2 heterocycles. The minimum Gasteiger partial charge on any atom is -0.279 e. The summed E-state index contributed by atoms with van der Waals surface area (Å²) in [4.78, 5) is 7.37. The predicted molar refractivity (Wildman–Crippen MR) is 69.3 cm³/mol. The van der Waals surface area contributed by atoms with Gasteiger partial charge in [-0.3, -0.25) is 4.72 Å². The number of nitrogens with one attached hydrogen (secondary N) is 1. The van der Waals surface area contributed by atoms with Gasteiger partial charge in [-0.1, -0.05) is 23.2 Å². The molecular weight excluding hydrogens is 297 g/mol. The molecule has 94 valence electrons. The Hall–Kier alpha value is -1.37. The summed E-state index contributed by atoms with van der Waals surface area (Å²) in [6.07, 6.45) is 2.80. The molecule has 5 nitrogen and oxygen atoms in total. The van der Waals surface area contributed by atoms with Crippen LogP contribution in [-0.4, -0.2) is 18.4 Å². The van der Waals surface area contributed by atoms with E-state index in [4.69, 9.17) is 23.2 Å². The van der Waals surface area contributed by atoms with Crippen molar-refractivity contribution in [3.63, 3.8) is 0 Å². The number of anilines is 1. The lowest BCUT2D eigenvalue weighted by Gasteiger charge is -2.08. The van der Waals surface area contributed by atoms with E-state index in [0.717, 1.165) is 0 Å². The number of pyridine rings is 2. The van der Waals surface area contributed by atoms with E-state index in [1.807, 2.05) is 0 Å². The lowest BCUT2D eigenvalue weighted by Crippen LogP contribution is -2.13. The van der Waals surface area contributed by atoms with Gasteiger partial charge < -0.3 is 0 Å². The van der Waals surface area contributed by atoms with Crippen LogP contribution in [-0.2, 0) is 10.0 Å². The molecule has 0 atom stereocenters. The number of hydrogen-bond donors (Lipinski definition) is 1. The third-order valence-electron chi connectivity index (χ3n) is 1.99. The first-order chi connectivity index (χ1) is 8.49. The normalized spacial score (nSPS) is 11.2. The first kappa shape index (κ1) is 13.1. The van der Waals surface area contributed by atoms with Gasteiger partial charge in [-0.05, 0) is 24.3 Å². The number of rotatable bonds is 3. The lowest BCUT2D eigenvalue weighted by molar-refractivity contribution is 0.601. The molecule has 0 aliphatic heterocycles. The van der Waals surface area contributed by atoms with Crippen molar-refractivity contribution in [1.29, 1.82) is 0 Å². The molecule has 2 rings (SSSR count). The van der Waals surface area contributed by atoms with Crippen LogP contribution in [0.3, 0.4) is 0 Å². The number of nitrogens with zero attached hydrogens (tertiary/aromatic N) is 2. The topological polar surface area (TPSA) is 72.0 Å². The molecule has 2 aromatic heterocycles. The zero-order valence-electron chi connectivity index (χ0n) is 8.84. The Kier molecular flexibility index (Phi) is 3.70. The third kappa shape index (κ3) is 2.90. The van der Waals surface area contributed by atoms with Gasteiger partial charge in [0.2, 0.25) is 0 Å². The van der Waals surface area contributed by atoms with Gasteiger partial charge in [0.15, 0.2) is 0 Å². The maximum atomic E-state index is 12.0. The molecule has 0 bridgehead atoms. The van der Waals surface area contributed by atoms with Crippen LogP contribution in [0.25, 0.3) is 0 Å². The molecule has 0 aromatic carbocycles. The number of hydrogen-bond acceptors (Lipinski definition) is 4. The number of halogens is 2. The van der Waals surface area contributed by atoms with Crippen LogP contribution in [0.4, 0.5) is 5.69 Å². The monoisotopic (exact) mass is 303 g/mol. The summed E-state index contributed by atoms with van der Waals surface area (Å²) < 4.78 is 26.4. The van der Waals surface area contributed by atoms with E-state index in [1.54, 1.807) is 0 Å². The molecule has 0 saturated carbocycles. The van der Waals surface area contributed by atoms with Crippen molar-refractivity contribution in [3.8, 4) is 0 Å². The first-order valence-corrected chi connectivity index (χ1v) is 6.98. The number of sulfonamides is 1. The summed E-state index contributed by atoms with van der Waals surface area (Å²) in [5.74, 6) is 0. The van der Waals surface area contributed by atoms with Crippen molar-refractivity contribution < 1.29 is 8.42 Å². The maximum absolute atomic E-state index is 12.0. The van der Waals surface area contributed by atoms with E-state index in [-0.39, 0.29) is 15.2 Å². The fraction of sp³-hybridized carbons (Fsp3) is 0. The van der Waals surface area contributed by atoms with Crippen LogP contribution in [0.15, 0.2) is 41.6 Å². The quantitative estimate of drug-likeness (QED) is 0.885. The largest absolute Gasteiger partial charge is 0.279 e. The van der Waals surface area contributed by atoms with E-state index < -0.39 is 10.0 Å². The van der Waals surface area contributed by atoms with Crippen molar-refractivity contribution in [2.75, 3.05) is 4.72 Å².